The van der Waals surface area contributed by atoms with E-state index in [2.05, 4.69) is 24.3 Å². The number of nitrogens with zero attached hydrogens (tertiary/aromatic N) is 2. The van der Waals surface area contributed by atoms with Crippen LogP contribution in [-0.2, 0) is 0 Å². The van der Waals surface area contributed by atoms with Gasteiger partial charge in [-0.15, -0.1) is 0 Å². The molecule has 0 aromatic heterocycles. The van der Waals surface area contributed by atoms with Crippen molar-refractivity contribution in [2.24, 2.45) is 29.1 Å². The molecule has 0 heterocycles. The third-order valence-electron chi connectivity index (χ3n) is 5.66. The van der Waals surface area contributed by atoms with Gasteiger partial charge in [-0.05, 0) is 54.1 Å². The third-order valence-corrected chi connectivity index (χ3v) is 5.66. The normalized spacial score (nSPS) is 42.3. The Balaban J connectivity index is 1.73. The van der Waals surface area contributed by atoms with Crippen molar-refractivity contribution in [3.63, 3.8) is 0 Å². The second kappa shape index (κ2) is 3.27. The van der Waals surface area contributed by atoms with E-state index in [0.29, 0.717) is 12.8 Å². The molecule has 0 aromatic rings. The Morgan fingerprint density at radius 1 is 0.944 bits per heavy atom. The first-order chi connectivity index (χ1) is 8.74. The highest BCUT2D eigenvalue weighted by atomic mass is 14.5. The zero-order valence-corrected chi connectivity index (χ0v) is 10.4. The largest absolute Gasteiger partial charge is 0.197 e. The highest BCUT2D eigenvalue weighted by Crippen LogP contribution is 2.58. The monoisotopic (exact) mass is 236 g/mol. The average Bonchev–Trinajstić information content (AvgIpc) is 3.08. The summed E-state index contributed by atoms with van der Waals surface area (Å²) in [6, 6.07) is 4.49. The molecule has 0 amide bonds. The Hall–Kier alpha value is -1.54. The van der Waals surface area contributed by atoms with E-state index in [4.69, 9.17) is 0 Å². The average molecular weight is 236 g/mol. The number of fused-ring (bicyclic) bond motifs is 6. The topological polar surface area (TPSA) is 47.6 Å². The first kappa shape index (κ1) is 10.4. The van der Waals surface area contributed by atoms with Crippen molar-refractivity contribution in [3.8, 4) is 12.1 Å². The fraction of sp³-hybridized carbons (Fsp3) is 0.625. The van der Waals surface area contributed by atoms with Crippen molar-refractivity contribution in [2.45, 2.75) is 32.1 Å². The Kier molecular flexibility index (Phi) is 1.89. The summed E-state index contributed by atoms with van der Waals surface area (Å²) in [7, 11) is 0. The van der Waals surface area contributed by atoms with Crippen LogP contribution in [0.4, 0.5) is 0 Å². The molecule has 4 rings (SSSR count). The summed E-state index contributed by atoms with van der Waals surface area (Å²) in [6.07, 6.45) is 10.4. The van der Waals surface area contributed by atoms with Gasteiger partial charge < -0.3 is 0 Å². The molecule has 0 spiro atoms. The third kappa shape index (κ3) is 1.16. The van der Waals surface area contributed by atoms with Crippen molar-refractivity contribution in [2.75, 3.05) is 0 Å². The molecule has 2 bridgehead atoms. The highest BCUT2D eigenvalue weighted by molar-refractivity contribution is 5.47. The molecule has 0 unspecified atom stereocenters. The Labute approximate surface area is 108 Å². The summed E-state index contributed by atoms with van der Waals surface area (Å²) in [4.78, 5) is 0. The quantitative estimate of drug-likeness (QED) is 0.647. The maximum atomic E-state index is 9.26. The van der Waals surface area contributed by atoms with Gasteiger partial charge in [-0.1, -0.05) is 12.2 Å². The van der Waals surface area contributed by atoms with Gasteiger partial charge in [-0.2, -0.15) is 10.5 Å². The van der Waals surface area contributed by atoms with E-state index in [1.807, 2.05) is 0 Å². The van der Waals surface area contributed by atoms with Gasteiger partial charge in [0.25, 0.3) is 0 Å². The Bertz CT molecular complexity index is 505. The molecule has 3 saturated carbocycles. The Morgan fingerprint density at radius 2 is 1.44 bits per heavy atom. The molecule has 2 nitrogen and oxygen atoms in total. The van der Waals surface area contributed by atoms with Crippen LogP contribution in [0.1, 0.15) is 32.1 Å². The standard InChI is InChI=1S/C16H16N2/c17-8-16(9-18)6-12-4-14-10-1-2-11(3-10)15(14)5-13(12)7-16/h4-5,10-11,14-15H,1-3,6-7H2/t10-,11+,14+,15-. The maximum Gasteiger partial charge on any atom is 0.151 e. The maximum absolute atomic E-state index is 9.26. The first-order valence-electron chi connectivity index (χ1n) is 6.99. The summed E-state index contributed by atoms with van der Waals surface area (Å²) in [5.74, 6) is 3.19. The summed E-state index contributed by atoms with van der Waals surface area (Å²) in [5.41, 5.74) is 1.86. The van der Waals surface area contributed by atoms with Crippen molar-refractivity contribution in [3.05, 3.63) is 23.3 Å². The molecule has 18 heavy (non-hydrogen) atoms. The fourth-order valence-corrected chi connectivity index (χ4v) is 4.79. The van der Waals surface area contributed by atoms with Gasteiger partial charge in [0, 0.05) is 12.8 Å². The summed E-state index contributed by atoms with van der Waals surface area (Å²) < 4.78 is 0. The molecule has 4 aliphatic carbocycles. The van der Waals surface area contributed by atoms with Crippen LogP contribution < -0.4 is 0 Å². The van der Waals surface area contributed by atoms with Gasteiger partial charge in [0.1, 0.15) is 0 Å². The van der Waals surface area contributed by atoms with Crippen LogP contribution in [0.25, 0.3) is 0 Å². The molecule has 4 aliphatic rings. The van der Waals surface area contributed by atoms with E-state index in [-0.39, 0.29) is 0 Å². The molecule has 3 fully saturated rings. The van der Waals surface area contributed by atoms with Crippen molar-refractivity contribution >= 4 is 0 Å². The molecular formula is C16H16N2. The fourth-order valence-electron chi connectivity index (χ4n) is 4.79. The van der Waals surface area contributed by atoms with Crippen LogP contribution in [0, 0.1) is 51.7 Å². The molecular weight excluding hydrogens is 220 g/mol. The lowest BCUT2D eigenvalue weighted by Crippen LogP contribution is -2.22. The zero-order valence-electron chi connectivity index (χ0n) is 10.4. The van der Waals surface area contributed by atoms with Crippen LogP contribution in [0.15, 0.2) is 23.3 Å². The van der Waals surface area contributed by atoms with Crippen LogP contribution >= 0.6 is 0 Å². The van der Waals surface area contributed by atoms with Gasteiger partial charge in [0.05, 0.1) is 12.1 Å². The van der Waals surface area contributed by atoms with E-state index in [1.54, 1.807) is 0 Å². The second-order valence-electron chi connectivity index (χ2n) is 6.53. The van der Waals surface area contributed by atoms with Crippen LogP contribution in [0.2, 0.25) is 0 Å². The van der Waals surface area contributed by atoms with Gasteiger partial charge in [0.15, 0.2) is 5.41 Å². The van der Waals surface area contributed by atoms with Crippen LogP contribution in [0.5, 0.6) is 0 Å². The number of allylic oxidation sites excluding steroid dienone is 4. The van der Waals surface area contributed by atoms with Crippen molar-refractivity contribution in [1.82, 2.24) is 0 Å². The van der Waals surface area contributed by atoms with Gasteiger partial charge >= 0.3 is 0 Å². The molecule has 0 aliphatic heterocycles. The van der Waals surface area contributed by atoms with Gasteiger partial charge in [-0.25, -0.2) is 0 Å². The lowest BCUT2D eigenvalue weighted by Gasteiger charge is -2.30. The van der Waals surface area contributed by atoms with E-state index in [0.717, 1.165) is 23.7 Å². The lowest BCUT2D eigenvalue weighted by atomic mass is 9.74. The molecule has 0 saturated heterocycles. The minimum atomic E-state index is -0.769. The van der Waals surface area contributed by atoms with E-state index in [1.165, 1.54) is 30.4 Å². The van der Waals surface area contributed by atoms with Crippen molar-refractivity contribution in [1.29, 1.82) is 10.5 Å². The van der Waals surface area contributed by atoms with Crippen LogP contribution in [0.3, 0.4) is 0 Å². The van der Waals surface area contributed by atoms with E-state index >= 15 is 0 Å². The van der Waals surface area contributed by atoms with E-state index in [9.17, 15) is 10.5 Å². The highest BCUT2D eigenvalue weighted by Gasteiger charge is 2.50. The van der Waals surface area contributed by atoms with Crippen molar-refractivity contribution < 1.29 is 0 Å². The molecule has 4 atom stereocenters. The lowest BCUT2D eigenvalue weighted by molar-refractivity contribution is 0.312. The molecule has 2 heteroatoms. The summed E-state index contributed by atoms with van der Waals surface area (Å²) in [5, 5.41) is 18.5. The minimum absolute atomic E-state index is 0.659. The van der Waals surface area contributed by atoms with Crippen LogP contribution in [-0.4, -0.2) is 0 Å². The predicted octanol–water partition coefficient (Wildman–Crippen LogP) is 3.34. The van der Waals surface area contributed by atoms with Gasteiger partial charge in [-0.3, -0.25) is 0 Å². The Morgan fingerprint density at radius 3 is 1.89 bits per heavy atom. The minimum Gasteiger partial charge on any atom is -0.197 e. The molecule has 0 radical (unpaired) electrons. The predicted molar refractivity (Wildman–Crippen MR) is 66.9 cm³/mol. The number of nitriles is 2. The van der Waals surface area contributed by atoms with E-state index < -0.39 is 5.41 Å². The first-order valence-corrected chi connectivity index (χ1v) is 6.99. The number of hydrogen-bond donors (Lipinski definition) is 0. The summed E-state index contributed by atoms with van der Waals surface area (Å²) >= 11 is 0. The SMILES string of the molecule is N#CC1(C#N)CC2=C[C@@H]3[C@H]4CC[C@H](C4)[C@@H]3C=C2C1. The van der Waals surface area contributed by atoms with Gasteiger partial charge in [0.2, 0.25) is 0 Å². The molecule has 0 N–H and O–H groups in total. The molecule has 0 aromatic carbocycles. The summed E-state index contributed by atoms with van der Waals surface area (Å²) in [6.45, 7) is 0. The smallest absolute Gasteiger partial charge is 0.151 e. The second-order valence-corrected chi connectivity index (χ2v) is 6.53. The molecule has 90 valence electrons. The number of rotatable bonds is 0. The zero-order chi connectivity index (χ0) is 12.3. The number of hydrogen-bond acceptors (Lipinski definition) is 2.